The van der Waals surface area contributed by atoms with Crippen molar-refractivity contribution in [1.82, 2.24) is 20.2 Å². The molecule has 1 saturated heterocycles. The average Bonchev–Trinajstić information content (AvgIpc) is 2.61. The average molecular weight is 354 g/mol. The van der Waals surface area contributed by atoms with Crippen LogP contribution in [0.3, 0.4) is 0 Å². The molecule has 26 heavy (non-hydrogen) atoms. The van der Waals surface area contributed by atoms with Crippen LogP contribution in [0.5, 0.6) is 0 Å². The van der Waals surface area contributed by atoms with Gasteiger partial charge in [-0.2, -0.15) is 0 Å². The van der Waals surface area contributed by atoms with Crippen molar-refractivity contribution in [2.75, 3.05) is 13.1 Å². The summed E-state index contributed by atoms with van der Waals surface area (Å²) in [6, 6.07) is 6.98. The number of hydrogen-bond donors (Lipinski definition) is 2. The molecule has 0 spiro atoms. The summed E-state index contributed by atoms with van der Waals surface area (Å²) in [5.74, 6) is -0.315. The number of aryl methyl sites for hydroxylation is 1. The fourth-order valence-electron chi connectivity index (χ4n) is 3.14. The Morgan fingerprint density at radius 2 is 1.92 bits per heavy atom. The maximum Gasteiger partial charge on any atom is 0.264 e. The Morgan fingerprint density at radius 1 is 1.23 bits per heavy atom. The summed E-state index contributed by atoms with van der Waals surface area (Å²) >= 11 is 0. The molecule has 7 heteroatoms. The molecule has 2 aromatic rings. The molecule has 0 bridgehead atoms. The molecular weight excluding hydrogens is 332 g/mol. The van der Waals surface area contributed by atoms with Gasteiger partial charge in [-0.3, -0.25) is 14.4 Å². The van der Waals surface area contributed by atoms with Crippen molar-refractivity contribution in [3.63, 3.8) is 0 Å². The molecule has 136 valence electrons. The Labute approximate surface area is 151 Å². The number of aromatic amines is 1. The van der Waals surface area contributed by atoms with Gasteiger partial charge in [0.15, 0.2) is 0 Å². The Balaban J connectivity index is 1.91. The van der Waals surface area contributed by atoms with Crippen LogP contribution >= 0.6 is 0 Å². The zero-order valence-electron chi connectivity index (χ0n) is 15.1. The molecule has 1 atom stereocenters. The number of aromatic nitrogens is 2. The normalized spacial score (nSPS) is 17.3. The molecule has 3 rings (SSSR count). The number of piperazine rings is 1. The van der Waals surface area contributed by atoms with E-state index in [1.165, 1.54) is 11.1 Å². The first-order valence-electron chi connectivity index (χ1n) is 8.63. The molecule has 2 amide bonds. The van der Waals surface area contributed by atoms with Gasteiger partial charge in [-0.25, -0.2) is 4.98 Å². The molecule has 2 heterocycles. The Bertz CT molecular complexity index is 886. The molecule has 1 fully saturated rings. The molecule has 0 aliphatic carbocycles. The van der Waals surface area contributed by atoms with Gasteiger partial charge in [-0.1, -0.05) is 43.7 Å². The maximum atomic E-state index is 12.9. The van der Waals surface area contributed by atoms with Gasteiger partial charge in [0.2, 0.25) is 5.91 Å². The summed E-state index contributed by atoms with van der Waals surface area (Å²) in [6.07, 6.45) is 1.29. The number of hydrogen-bond acceptors (Lipinski definition) is 4. The first-order chi connectivity index (χ1) is 12.4. The van der Waals surface area contributed by atoms with Crippen LogP contribution in [0.2, 0.25) is 0 Å². The zero-order chi connectivity index (χ0) is 18.8. The molecule has 1 aliphatic rings. The second kappa shape index (κ2) is 7.11. The summed E-state index contributed by atoms with van der Waals surface area (Å²) in [7, 11) is 0. The second-order valence-electron chi connectivity index (χ2n) is 6.82. The summed E-state index contributed by atoms with van der Waals surface area (Å²) in [5, 5.41) is 2.77. The topological polar surface area (TPSA) is 95.2 Å². The van der Waals surface area contributed by atoms with Crippen LogP contribution < -0.4 is 10.9 Å². The summed E-state index contributed by atoms with van der Waals surface area (Å²) < 4.78 is 0. The minimum atomic E-state index is -0.590. The molecule has 0 saturated carbocycles. The van der Waals surface area contributed by atoms with Gasteiger partial charge in [-0.15, -0.1) is 0 Å². The quantitative estimate of drug-likeness (QED) is 0.870. The Hall–Kier alpha value is -2.96. The third kappa shape index (κ3) is 3.37. The molecule has 7 nitrogen and oxygen atoms in total. The van der Waals surface area contributed by atoms with E-state index < -0.39 is 17.5 Å². The summed E-state index contributed by atoms with van der Waals surface area (Å²) in [4.78, 5) is 45.8. The maximum absolute atomic E-state index is 12.9. The van der Waals surface area contributed by atoms with Crippen LogP contribution in [-0.4, -0.2) is 45.8 Å². The fourth-order valence-corrected chi connectivity index (χ4v) is 3.14. The van der Waals surface area contributed by atoms with Crippen molar-refractivity contribution in [2.45, 2.75) is 26.8 Å². The van der Waals surface area contributed by atoms with E-state index in [9.17, 15) is 14.4 Å². The predicted octanol–water partition coefficient (Wildman–Crippen LogP) is 1.34. The van der Waals surface area contributed by atoms with E-state index in [2.05, 4.69) is 15.3 Å². The smallest absolute Gasteiger partial charge is 0.264 e. The van der Waals surface area contributed by atoms with Crippen molar-refractivity contribution in [2.24, 2.45) is 5.92 Å². The predicted molar refractivity (Wildman–Crippen MR) is 97.7 cm³/mol. The third-order valence-electron chi connectivity index (χ3n) is 4.50. The second-order valence-corrected chi connectivity index (χ2v) is 6.82. The van der Waals surface area contributed by atoms with Gasteiger partial charge in [0.1, 0.15) is 17.4 Å². The number of nitrogens with one attached hydrogen (secondary N) is 2. The molecule has 2 N–H and O–H groups in total. The van der Waals surface area contributed by atoms with E-state index in [0.717, 1.165) is 11.1 Å². The monoisotopic (exact) mass is 354 g/mol. The van der Waals surface area contributed by atoms with Gasteiger partial charge in [0.05, 0.1) is 0 Å². The highest BCUT2D eigenvalue weighted by atomic mass is 16.2. The van der Waals surface area contributed by atoms with Gasteiger partial charge >= 0.3 is 0 Å². The van der Waals surface area contributed by atoms with Crippen LogP contribution in [0.15, 0.2) is 35.3 Å². The largest absolute Gasteiger partial charge is 0.353 e. The number of amides is 2. The van der Waals surface area contributed by atoms with Gasteiger partial charge in [0, 0.05) is 24.8 Å². The standard InChI is InChI=1S/C19H22N4O3/c1-11(2)15-18(25)20-8-9-23(15)19(26)14-10-21-16(22-17(14)24)13-6-4-12(3)5-7-13/h4-7,10-11,15H,8-9H2,1-3H3,(H,20,25)(H,21,22,24). The van der Waals surface area contributed by atoms with E-state index in [4.69, 9.17) is 0 Å². The SMILES string of the molecule is Cc1ccc(-c2ncc(C(=O)N3CCNC(=O)C3C(C)C)c(=O)[nH]2)cc1. The Morgan fingerprint density at radius 3 is 2.54 bits per heavy atom. The summed E-state index contributed by atoms with van der Waals surface area (Å²) in [5.41, 5.74) is 1.31. The number of nitrogens with zero attached hydrogens (tertiary/aromatic N) is 2. The Kier molecular flexibility index (Phi) is 4.88. The van der Waals surface area contributed by atoms with Crippen molar-refractivity contribution in [1.29, 1.82) is 0 Å². The number of rotatable bonds is 3. The number of carbonyl (C=O) groups excluding carboxylic acids is 2. The molecule has 1 aromatic heterocycles. The van der Waals surface area contributed by atoms with E-state index in [-0.39, 0.29) is 17.4 Å². The summed E-state index contributed by atoms with van der Waals surface area (Å²) in [6.45, 7) is 6.46. The van der Waals surface area contributed by atoms with Crippen molar-refractivity contribution >= 4 is 11.8 Å². The van der Waals surface area contributed by atoms with Gasteiger partial charge in [-0.05, 0) is 12.8 Å². The van der Waals surface area contributed by atoms with E-state index in [0.29, 0.717) is 18.9 Å². The van der Waals surface area contributed by atoms with E-state index >= 15 is 0 Å². The number of H-pyrrole nitrogens is 1. The van der Waals surface area contributed by atoms with Crippen molar-refractivity contribution < 1.29 is 9.59 Å². The first-order valence-corrected chi connectivity index (χ1v) is 8.63. The first kappa shape index (κ1) is 17.8. The number of carbonyl (C=O) groups is 2. The highest BCUT2D eigenvalue weighted by Crippen LogP contribution is 2.17. The van der Waals surface area contributed by atoms with Gasteiger partial charge in [0.25, 0.3) is 11.5 Å². The zero-order valence-corrected chi connectivity index (χ0v) is 15.1. The molecule has 1 unspecified atom stereocenters. The van der Waals surface area contributed by atoms with Crippen molar-refractivity contribution in [3.05, 3.63) is 51.9 Å². The van der Waals surface area contributed by atoms with Crippen LogP contribution in [0.4, 0.5) is 0 Å². The van der Waals surface area contributed by atoms with Crippen LogP contribution in [-0.2, 0) is 4.79 Å². The molecule has 1 aliphatic heterocycles. The van der Waals surface area contributed by atoms with Gasteiger partial charge < -0.3 is 15.2 Å². The molecule has 0 radical (unpaired) electrons. The number of benzene rings is 1. The minimum Gasteiger partial charge on any atom is -0.353 e. The fraction of sp³-hybridized carbons (Fsp3) is 0.368. The van der Waals surface area contributed by atoms with Crippen LogP contribution in [0, 0.1) is 12.8 Å². The van der Waals surface area contributed by atoms with Crippen LogP contribution in [0.1, 0.15) is 29.8 Å². The third-order valence-corrected chi connectivity index (χ3v) is 4.50. The van der Waals surface area contributed by atoms with Crippen molar-refractivity contribution in [3.8, 4) is 11.4 Å². The lowest BCUT2D eigenvalue weighted by molar-refractivity contribution is -0.129. The lowest BCUT2D eigenvalue weighted by atomic mass is 9.99. The van der Waals surface area contributed by atoms with Crippen LogP contribution in [0.25, 0.3) is 11.4 Å². The molecular formula is C19H22N4O3. The molecule has 1 aromatic carbocycles. The lowest BCUT2D eigenvalue weighted by Crippen LogP contribution is -2.59. The highest BCUT2D eigenvalue weighted by Gasteiger charge is 2.36. The van der Waals surface area contributed by atoms with E-state index in [1.54, 1.807) is 0 Å². The lowest BCUT2D eigenvalue weighted by Gasteiger charge is -2.37. The van der Waals surface area contributed by atoms with E-state index in [1.807, 2.05) is 45.0 Å². The highest BCUT2D eigenvalue weighted by molar-refractivity contribution is 5.98. The minimum absolute atomic E-state index is 0.0544.